The van der Waals surface area contributed by atoms with Crippen LogP contribution in [0.2, 0.25) is 0 Å². The van der Waals surface area contributed by atoms with Crippen LogP contribution >= 0.6 is 0 Å². The van der Waals surface area contributed by atoms with Gasteiger partial charge in [0.2, 0.25) is 0 Å². The second-order valence-electron chi connectivity index (χ2n) is 3.08. The predicted octanol–water partition coefficient (Wildman–Crippen LogP) is 2.32. The Hall–Kier alpha value is -0.820. The molecule has 0 saturated carbocycles. The molecule has 0 radical (unpaired) electrons. The molecule has 0 saturated heterocycles. The van der Waals surface area contributed by atoms with Crippen LogP contribution in [0.15, 0.2) is 18.2 Å². The van der Waals surface area contributed by atoms with Crippen molar-refractivity contribution in [1.82, 2.24) is 0 Å². The van der Waals surface area contributed by atoms with Gasteiger partial charge in [0.25, 0.3) is 0 Å². The molecule has 1 atom stereocenters. The first-order valence-electron chi connectivity index (χ1n) is 3.94. The van der Waals surface area contributed by atoms with Gasteiger partial charge in [0, 0.05) is 6.04 Å². The Morgan fingerprint density at radius 2 is 1.91 bits per heavy atom. The summed E-state index contributed by atoms with van der Waals surface area (Å²) in [6.07, 6.45) is 0. The monoisotopic (exact) mass is 149 g/mol. The summed E-state index contributed by atoms with van der Waals surface area (Å²) in [6.45, 7) is 6.25. The maximum absolute atomic E-state index is 5.78. The number of aryl methyl sites for hydroxylation is 1. The van der Waals surface area contributed by atoms with E-state index in [4.69, 9.17) is 5.73 Å². The Bertz CT molecular complexity index is 251. The first-order valence-corrected chi connectivity index (χ1v) is 3.94. The second-order valence-corrected chi connectivity index (χ2v) is 3.08. The van der Waals surface area contributed by atoms with Gasteiger partial charge in [-0.05, 0) is 37.5 Å². The molecule has 60 valence electrons. The van der Waals surface area contributed by atoms with Gasteiger partial charge in [-0.25, -0.2) is 0 Å². The number of nitrogens with two attached hydrogens (primary N) is 1. The van der Waals surface area contributed by atoms with Crippen molar-refractivity contribution in [2.75, 3.05) is 0 Å². The van der Waals surface area contributed by atoms with Crippen molar-refractivity contribution in [2.24, 2.45) is 5.73 Å². The summed E-state index contributed by atoms with van der Waals surface area (Å²) in [5, 5.41) is 0. The third-order valence-corrected chi connectivity index (χ3v) is 2.14. The average molecular weight is 149 g/mol. The van der Waals surface area contributed by atoms with Gasteiger partial charge < -0.3 is 5.73 Å². The Kier molecular flexibility index (Phi) is 2.30. The maximum atomic E-state index is 5.78. The van der Waals surface area contributed by atoms with Crippen LogP contribution in [-0.2, 0) is 0 Å². The maximum Gasteiger partial charge on any atom is 0.0268 e. The molecule has 0 fully saturated rings. The SMILES string of the molecule is Cc1cccc(C(C)N)c1C. The Labute approximate surface area is 68.2 Å². The molecule has 1 rings (SSSR count). The summed E-state index contributed by atoms with van der Waals surface area (Å²) in [4.78, 5) is 0. The number of hydrogen-bond acceptors (Lipinski definition) is 1. The molecule has 1 aromatic carbocycles. The van der Waals surface area contributed by atoms with E-state index in [0.717, 1.165) is 0 Å². The van der Waals surface area contributed by atoms with Crippen LogP contribution in [0.25, 0.3) is 0 Å². The molecule has 1 nitrogen and oxygen atoms in total. The zero-order valence-electron chi connectivity index (χ0n) is 7.39. The largest absolute Gasteiger partial charge is 0.324 e. The van der Waals surface area contributed by atoms with E-state index in [-0.39, 0.29) is 6.04 Å². The van der Waals surface area contributed by atoms with E-state index in [2.05, 4.69) is 32.0 Å². The van der Waals surface area contributed by atoms with E-state index in [1.54, 1.807) is 0 Å². The molecule has 0 amide bonds. The second kappa shape index (κ2) is 3.05. The number of rotatable bonds is 1. The summed E-state index contributed by atoms with van der Waals surface area (Å²) in [5.74, 6) is 0. The van der Waals surface area contributed by atoms with Gasteiger partial charge in [-0.2, -0.15) is 0 Å². The molecule has 0 aromatic heterocycles. The summed E-state index contributed by atoms with van der Waals surface area (Å²) >= 11 is 0. The molecule has 0 heterocycles. The van der Waals surface area contributed by atoms with Gasteiger partial charge in [-0.15, -0.1) is 0 Å². The molecule has 1 heteroatoms. The highest BCUT2D eigenvalue weighted by molar-refractivity contribution is 5.34. The Balaban J connectivity index is 3.17. The average Bonchev–Trinajstić information content (AvgIpc) is 1.94. The first kappa shape index (κ1) is 8.28. The lowest BCUT2D eigenvalue weighted by Gasteiger charge is -2.10. The lowest BCUT2D eigenvalue weighted by molar-refractivity contribution is 0.808. The fourth-order valence-corrected chi connectivity index (χ4v) is 1.27. The molecule has 0 spiro atoms. The Morgan fingerprint density at radius 3 is 2.36 bits per heavy atom. The van der Waals surface area contributed by atoms with E-state index in [0.29, 0.717) is 0 Å². The van der Waals surface area contributed by atoms with Crippen LogP contribution in [0.1, 0.15) is 29.7 Å². The van der Waals surface area contributed by atoms with Crippen molar-refractivity contribution in [3.63, 3.8) is 0 Å². The quantitative estimate of drug-likeness (QED) is 0.651. The highest BCUT2D eigenvalue weighted by Crippen LogP contribution is 2.17. The molecule has 11 heavy (non-hydrogen) atoms. The van der Waals surface area contributed by atoms with Crippen LogP contribution in [0.4, 0.5) is 0 Å². The third kappa shape index (κ3) is 1.60. The number of benzene rings is 1. The molecule has 0 aliphatic carbocycles. The minimum atomic E-state index is 0.148. The molecule has 0 aliphatic heterocycles. The van der Waals surface area contributed by atoms with Gasteiger partial charge in [0.05, 0.1) is 0 Å². The molecule has 1 unspecified atom stereocenters. The minimum Gasteiger partial charge on any atom is -0.324 e. The van der Waals surface area contributed by atoms with Crippen LogP contribution < -0.4 is 5.73 Å². The molecule has 1 aromatic rings. The van der Waals surface area contributed by atoms with Crippen molar-refractivity contribution in [2.45, 2.75) is 26.8 Å². The summed E-state index contributed by atoms with van der Waals surface area (Å²) in [7, 11) is 0. The molecule has 0 bridgehead atoms. The smallest absolute Gasteiger partial charge is 0.0268 e. The molecular formula is C10H15N. The topological polar surface area (TPSA) is 26.0 Å². The van der Waals surface area contributed by atoms with Gasteiger partial charge in [-0.3, -0.25) is 0 Å². The van der Waals surface area contributed by atoms with Gasteiger partial charge in [0.15, 0.2) is 0 Å². The van der Waals surface area contributed by atoms with E-state index >= 15 is 0 Å². The highest BCUT2D eigenvalue weighted by Gasteiger charge is 2.03. The lowest BCUT2D eigenvalue weighted by Crippen LogP contribution is -2.07. The lowest BCUT2D eigenvalue weighted by atomic mass is 9.99. The zero-order chi connectivity index (χ0) is 8.43. The molecule has 0 aliphatic rings. The fraction of sp³-hybridized carbons (Fsp3) is 0.400. The van der Waals surface area contributed by atoms with Crippen LogP contribution in [0, 0.1) is 13.8 Å². The van der Waals surface area contributed by atoms with E-state index < -0.39 is 0 Å². The van der Waals surface area contributed by atoms with Gasteiger partial charge >= 0.3 is 0 Å². The minimum absolute atomic E-state index is 0.148. The number of hydrogen-bond donors (Lipinski definition) is 1. The molecule has 2 N–H and O–H groups in total. The fourth-order valence-electron chi connectivity index (χ4n) is 1.27. The summed E-state index contributed by atoms with van der Waals surface area (Å²) in [6, 6.07) is 6.41. The van der Waals surface area contributed by atoms with E-state index in [1.165, 1.54) is 16.7 Å². The van der Waals surface area contributed by atoms with Crippen molar-refractivity contribution in [3.05, 3.63) is 34.9 Å². The normalized spacial score (nSPS) is 13.1. The van der Waals surface area contributed by atoms with Crippen LogP contribution in [0.3, 0.4) is 0 Å². The Morgan fingerprint density at radius 1 is 1.27 bits per heavy atom. The van der Waals surface area contributed by atoms with E-state index in [9.17, 15) is 0 Å². The summed E-state index contributed by atoms with van der Waals surface area (Å²) in [5.41, 5.74) is 9.68. The van der Waals surface area contributed by atoms with Gasteiger partial charge in [0.1, 0.15) is 0 Å². The zero-order valence-corrected chi connectivity index (χ0v) is 7.39. The van der Waals surface area contributed by atoms with Gasteiger partial charge in [-0.1, -0.05) is 18.2 Å². The third-order valence-electron chi connectivity index (χ3n) is 2.14. The van der Waals surface area contributed by atoms with Crippen molar-refractivity contribution < 1.29 is 0 Å². The first-order chi connectivity index (χ1) is 5.13. The van der Waals surface area contributed by atoms with Crippen LogP contribution in [-0.4, -0.2) is 0 Å². The van der Waals surface area contributed by atoms with Crippen molar-refractivity contribution >= 4 is 0 Å². The standard InChI is InChI=1S/C10H15N/c1-7-5-4-6-10(8(7)2)9(3)11/h4-6,9H,11H2,1-3H3. The molecular weight excluding hydrogens is 134 g/mol. The van der Waals surface area contributed by atoms with Crippen molar-refractivity contribution in [1.29, 1.82) is 0 Å². The predicted molar refractivity (Wildman–Crippen MR) is 48.5 cm³/mol. The van der Waals surface area contributed by atoms with Crippen LogP contribution in [0.5, 0.6) is 0 Å². The van der Waals surface area contributed by atoms with E-state index in [1.807, 2.05) is 6.92 Å². The highest BCUT2D eigenvalue weighted by atomic mass is 14.6. The van der Waals surface area contributed by atoms with Crippen molar-refractivity contribution in [3.8, 4) is 0 Å². The summed E-state index contributed by atoms with van der Waals surface area (Å²) < 4.78 is 0.